The quantitative estimate of drug-likeness (QED) is 0.923. The highest BCUT2D eigenvalue weighted by atomic mass is 16.2. The molecule has 0 bridgehead atoms. The van der Waals surface area contributed by atoms with Crippen molar-refractivity contribution in [3.63, 3.8) is 0 Å². The normalized spacial score (nSPS) is 18.1. The second kappa shape index (κ2) is 6.76. The molecule has 0 aliphatic carbocycles. The molecule has 23 heavy (non-hydrogen) atoms. The van der Waals surface area contributed by atoms with Gasteiger partial charge in [0.1, 0.15) is 11.4 Å². The van der Waals surface area contributed by atoms with E-state index < -0.39 is 0 Å². The highest BCUT2D eigenvalue weighted by molar-refractivity contribution is 5.93. The van der Waals surface area contributed by atoms with Crippen LogP contribution in [-0.4, -0.2) is 42.9 Å². The fraction of sp³-hybridized carbons (Fsp3) is 0.500. The number of imidazole rings is 1. The van der Waals surface area contributed by atoms with Crippen molar-refractivity contribution in [1.82, 2.24) is 24.4 Å². The number of nitrogens with zero attached hydrogens (tertiary/aromatic N) is 4. The molecule has 2 aromatic heterocycles. The molecule has 0 radical (unpaired) electrons. The third-order valence-electron chi connectivity index (χ3n) is 4.32. The highest BCUT2D eigenvalue weighted by Gasteiger charge is 2.28. The van der Waals surface area contributed by atoms with Crippen LogP contribution in [0.4, 0.5) is 0 Å². The zero-order chi connectivity index (χ0) is 16.2. The van der Waals surface area contributed by atoms with Crippen LogP contribution < -0.4 is 5.56 Å². The maximum atomic E-state index is 12.8. The number of H-pyrrole nitrogens is 1. The number of hydrogen-bond acceptors (Lipinski definition) is 4. The number of aromatic amines is 1. The van der Waals surface area contributed by atoms with Crippen molar-refractivity contribution in [3.05, 3.63) is 46.7 Å². The number of carbonyl (C=O) groups excluding carboxylic acids is 1. The van der Waals surface area contributed by atoms with Crippen molar-refractivity contribution < 1.29 is 4.79 Å². The molecule has 1 aliphatic rings. The van der Waals surface area contributed by atoms with E-state index in [1.54, 1.807) is 19.4 Å². The van der Waals surface area contributed by atoms with Gasteiger partial charge in [0.15, 0.2) is 0 Å². The van der Waals surface area contributed by atoms with Crippen LogP contribution in [0.15, 0.2) is 29.7 Å². The van der Waals surface area contributed by atoms with Crippen LogP contribution in [0.3, 0.4) is 0 Å². The van der Waals surface area contributed by atoms with Gasteiger partial charge in [-0.05, 0) is 32.6 Å². The van der Waals surface area contributed by atoms with E-state index in [1.165, 1.54) is 6.20 Å². The molecule has 7 nitrogen and oxygen atoms in total. The average molecular weight is 315 g/mol. The Hall–Kier alpha value is -2.44. The third-order valence-corrected chi connectivity index (χ3v) is 4.32. The van der Waals surface area contributed by atoms with Crippen LogP contribution in [0.5, 0.6) is 0 Å². The summed E-state index contributed by atoms with van der Waals surface area (Å²) in [5.41, 5.74) is -0.230. The Morgan fingerprint density at radius 2 is 2.30 bits per heavy atom. The lowest BCUT2D eigenvalue weighted by Crippen LogP contribution is -2.45. The Morgan fingerprint density at radius 1 is 1.43 bits per heavy atom. The zero-order valence-corrected chi connectivity index (χ0v) is 13.2. The second-order valence-electron chi connectivity index (χ2n) is 5.95. The number of rotatable bonds is 4. The van der Waals surface area contributed by atoms with Crippen molar-refractivity contribution in [1.29, 1.82) is 0 Å². The minimum absolute atomic E-state index is 0.130. The van der Waals surface area contributed by atoms with Gasteiger partial charge in [-0.3, -0.25) is 9.59 Å². The molecule has 3 rings (SSSR count). The first-order valence-corrected chi connectivity index (χ1v) is 7.98. The van der Waals surface area contributed by atoms with Crippen LogP contribution in [0.25, 0.3) is 0 Å². The molecule has 7 heteroatoms. The molecule has 1 saturated heterocycles. The van der Waals surface area contributed by atoms with Gasteiger partial charge >= 0.3 is 0 Å². The summed E-state index contributed by atoms with van der Waals surface area (Å²) in [5, 5.41) is 0. The molecule has 1 amide bonds. The van der Waals surface area contributed by atoms with Crippen LogP contribution >= 0.6 is 0 Å². The van der Waals surface area contributed by atoms with Crippen LogP contribution in [-0.2, 0) is 6.54 Å². The second-order valence-corrected chi connectivity index (χ2v) is 5.95. The van der Waals surface area contributed by atoms with Gasteiger partial charge in [-0.2, -0.15) is 0 Å². The van der Waals surface area contributed by atoms with Crippen molar-refractivity contribution >= 4 is 5.91 Å². The lowest BCUT2D eigenvalue weighted by Gasteiger charge is -2.35. The summed E-state index contributed by atoms with van der Waals surface area (Å²) in [5.74, 6) is 0.302. The van der Waals surface area contributed by atoms with E-state index in [4.69, 9.17) is 0 Å². The lowest BCUT2D eigenvalue weighted by molar-refractivity contribution is 0.0593. The van der Waals surface area contributed by atoms with E-state index in [9.17, 15) is 9.59 Å². The van der Waals surface area contributed by atoms with E-state index in [0.29, 0.717) is 12.4 Å². The molecule has 1 aliphatic heterocycles. The Balaban J connectivity index is 1.74. The smallest absolute Gasteiger partial charge is 0.263 e. The van der Waals surface area contributed by atoms with Crippen LogP contribution in [0.1, 0.15) is 41.9 Å². The maximum absolute atomic E-state index is 12.8. The van der Waals surface area contributed by atoms with E-state index in [0.717, 1.165) is 32.2 Å². The molecule has 122 valence electrons. The topological polar surface area (TPSA) is 83.9 Å². The molecule has 1 atom stereocenters. The van der Waals surface area contributed by atoms with E-state index in [1.807, 2.05) is 15.7 Å². The molecule has 0 aromatic carbocycles. The first kappa shape index (κ1) is 15.5. The lowest BCUT2D eigenvalue weighted by atomic mass is 9.98. The fourth-order valence-corrected chi connectivity index (χ4v) is 3.08. The summed E-state index contributed by atoms with van der Waals surface area (Å²) in [7, 11) is 0. The summed E-state index contributed by atoms with van der Waals surface area (Å²) >= 11 is 0. The van der Waals surface area contributed by atoms with Gasteiger partial charge in [-0.25, -0.2) is 9.97 Å². The SMILES string of the molecule is Cc1ncc(C(=O)N2CCCC[C@@H]2CCn2ccnc2)c(=O)[nH]1. The van der Waals surface area contributed by atoms with E-state index >= 15 is 0 Å². The van der Waals surface area contributed by atoms with Crippen LogP contribution in [0, 0.1) is 6.92 Å². The summed E-state index contributed by atoms with van der Waals surface area (Å²) in [4.78, 5) is 37.3. The first-order valence-electron chi connectivity index (χ1n) is 7.98. The molecule has 3 heterocycles. The minimum atomic E-state index is -0.360. The number of aromatic nitrogens is 4. The minimum Gasteiger partial charge on any atom is -0.337 e. The molecule has 0 saturated carbocycles. The standard InChI is InChI=1S/C16H21N5O2/c1-12-18-10-14(15(22)19-12)16(23)21-7-3-2-4-13(21)5-8-20-9-6-17-11-20/h6,9-11,13H,2-5,7-8H2,1H3,(H,18,19,22)/t13-/m1/s1. The van der Waals surface area contributed by atoms with Gasteiger partial charge in [0.05, 0.1) is 6.33 Å². The molecule has 1 fully saturated rings. The highest BCUT2D eigenvalue weighted by Crippen LogP contribution is 2.21. The molecular formula is C16H21N5O2. The molecule has 1 N–H and O–H groups in total. The third kappa shape index (κ3) is 3.49. The van der Waals surface area contributed by atoms with Crippen molar-refractivity contribution in [2.75, 3.05) is 6.54 Å². The number of amides is 1. The number of hydrogen-bond donors (Lipinski definition) is 1. The summed E-state index contributed by atoms with van der Waals surface area (Å²) in [6.45, 7) is 3.21. The van der Waals surface area contributed by atoms with Gasteiger partial charge in [-0.1, -0.05) is 0 Å². The summed E-state index contributed by atoms with van der Waals surface area (Å²) in [6.07, 6.45) is 10.8. The average Bonchev–Trinajstić information content (AvgIpc) is 3.06. The van der Waals surface area contributed by atoms with Gasteiger partial charge in [-0.15, -0.1) is 0 Å². The fourth-order valence-electron chi connectivity index (χ4n) is 3.08. The Kier molecular flexibility index (Phi) is 4.55. The number of piperidine rings is 1. The largest absolute Gasteiger partial charge is 0.337 e. The van der Waals surface area contributed by atoms with Gasteiger partial charge in [0, 0.05) is 37.7 Å². The summed E-state index contributed by atoms with van der Waals surface area (Å²) in [6, 6.07) is 0.152. The predicted molar refractivity (Wildman–Crippen MR) is 85.1 cm³/mol. The predicted octanol–water partition coefficient (Wildman–Crippen LogP) is 1.36. The first-order chi connectivity index (χ1) is 11.1. The number of aryl methyl sites for hydroxylation is 2. The Morgan fingerprint density at radius 3 is 3.04 bits per heavy atom. The van der Waals surface area contributed by atoms with Gasteiger partial charge in [0.25, 0.3) is 11.5 Å². The van der Waals surface area contributed by atoms with Crippen LogP contribution in [0.2, 0.25) is 0 Å². The van der Waals surface area contributed by atoms with Crippen molar-refractivity contribution in [2.45, 2.75) is 45.2 Å². The van der Waals surface area contributed by atoms with Gasteiger partial charge in [0.2, 0.25) is 0 Å². The van der Waals surface area contributed by atoms with E-state index in [2.05, 4.69) is 15.0 Å². The van der Waals surface area contributed by atoms with Crippen molar-refractivity contribution in [2.24, 2.45) is 0 Å². The summed E-state index contributed by atoms with van der Waals surface area (Å²) < 4.78 is 2.01. The molecule has 0 spiro atoms. The van der Waals surface area contributed by atoms with E-state index in [-0.39, 0.29) is 23.1 Å². The molecule has 2 aromatic rings. The monoisotopic (exact) mass is 315 g/mol. The van der Waals surface area contributed by atoms with Crippen molar-refractivity contribution in [3.8, 4) is 0 Å². The molecule has 0 unspecified atom stereocenters. The van der Waals surface area contributed by atoms with Gasteiger partial charge < -0.3 is 14.5 Å². The Labute approximate surface area is 134 Å². The zero-order valence-electron chi connectivity index (χ0n) is 13.2. The Bertz CT molecular complexity index is 722. The number of carbonyl (C=O) groups is 1. The number of likely N-dealkylation sites (tertiary alicyclic amines) is 1. The maximum Gasteiger partial charge on any atom is 0.263 e. The molecular weight excluding hydrogens is 294 g/mol. The number of nitrogens with one attached hydrogen (secondary N) is 1.